The zero-order chi connectivity index (χ0) is 20.2. The Hall–Kier alpha value is -3.05. The second kappa shape index (κ2) is 8.53. The van der Waals surface area contributed by atoms with E-state index in [2.05, 4.69) is 40.4 Å². The van der Waals surface area contributed by atoms with Crippen LogP contribution in [-0.2, 0) is 4.79 Å². The van der Waals surface area contributed by atoms with Crippen LogP contribution in [0.2, 0.25) is 0 Å². The van der Waals surface area contributed by atoms with Crippen molar-refractivity contribution in [1.29, 1.82) is 0 Å². The molecule has 3 aromatic rings. The number of hydrogen-bond acceptors (Lipinski definition) is 4. The smallest absolute Gasteiger partial charge is 0.262 e. The normalized spacial score (nSPS) is 14.8. The van der Waals surface area contributed by atoms with E-state index in [1.54, 1.807) is 0 Å². The fourth-order valence-electron chi connectivity index (χ4n) is 3.64. The summed E-state index contributed by atoms with van der Waals surface area (Å²) in [7, 11) is 2.15. The molecule has 0 unspecified atom stereocenters. The summed E-state index contributed by atoms with van der Waals surface area (Å²) in [5.74, 6) is 0.537. The van der Waals surface area contributed by atoms with Crippen LogP contribution in [0.25, 0.3) is 10.8 Å². The lowest BCUT2D eigenvalue weighted by Gasteiger charge is -2.34. The molecule has 3 aromatic carbocycles. The number of nitrogens with one attached hydrogen (secondary N) is 1. The number of fused-ring (bicyclic) bond motifs is 1. The zero-order valence-corrected chi connectivity index (χ0v) is 17.0. The summed E-state index contributed by atoms with van der Waals surface area (Å²) >= 11 is 0. The maximum atomic E-state index is 12.4. The van der Waals surface area contributed by atoms with Crippen LogP contribution < -0.4 is 15.0 Å². The van der Waals surface area contributed by atoms with E-state index in [0.717, 1.165) is 48.2 Å². The third-order valence-electron chi connectivity index (χ3n) is 5.44. The number of benzene rings is 3. The minimum Gasteiger partial charge on any atom is -0.484 e. The van der Waals surface area contributed by atoms with Crippen molar-refractivity contribution in [3.05, 3.63) is 66.2 Å². The number of hydrogen-bond donors (Lipinski definition) is 1. The molecule has 1 aliphatic heterocycles. The zero-order valence-electron chi connectivity index (χ0n) is 17.0. The summed E-state index contributed by atoms with van der Waals surface area (Å²) in [4.78, 5) is 17.1. The molecular formula is C24H27N3O2. The summed E-state index contributed by atoms with van der Waals surface area (Å²) in [6, 6.07) is 20.2. The number of likely N-dealkylation sites (N-methyl/N-ethyl adjacent to an activating group) is 1. The number of anilines is 2. The van der Waals surface area contributed by atoms with Gasteiger partial charge in [0.1, 0.15) is 5.75 Å². The van der Waals surface area contributed by atoms with E-state index in [0.29, 0.717) is 5.75 Å². The molecule has 1 amide bonds. The largest absolute Gasteiger partial charge is 0.484 e. The van der Waals surface area contributed by atoms with Gasteiger partial charge in [-0.1, -0.05) is 30.3 Å². The summed E-state index contributed by atoms with van der Waals surface area (Å²) in [6.45, 7) is 6.22. The van der Waals surface area contributed by atoms with Crippen molar-refractivity contribution < 1.29 is 9.53 Å². The molecule has 4 rings (SSSR count). The SMILES string of the molecule is Cc1cc(N2CCN(C)CC2)ccc1NC(=O)COc1ccc2ccccc2c1. The minimum atomic E-state index is -0.159. The molecule has 5 nitrogen and oxygen atoms in total. The molecule has 29 heavy (non-hydrogen) atoms. The van der Waals surface area contributed by atoms with E-state index in [4.69, 9.17) is 4.74 Å². The number of ether oxygens (including phenoxy) is 1. The molecule has 1 heterocycles. The molecule has 0 bridgehead atoms. The van der Waals surface area contributed by atoms with Crippen LogP contribution in [-0.4, -0.2) is 50.6 Å². The highest BCUT2D eigenvalue weighted by Gasteiger charge is 2.15. The average Bonchev–Trinajstić information content (AvgIpc) is 2.74. The minimum absolute atomic E-state index is 0.0159. The Kier molecular flexibility index (Phi) is 5.67. The van der Waals surface area contributed by atoms with Crippen molar-refractivity contribution in [3.63, 3.8) is 0 Å². The van der Waals surface area contributed by atoms with E-state index in [9.17, 15) is 4.79 Å². The number of piperazine rings is 1. The first-order valence-corrected chi connectivity index (χ1v) is 10.0. The number of rotatable bonds is 5. The molecule has 0 saturated carbocycles. The Bertz CT molecular complexity index is 1010. The quantitative estimate of drug-likeness (QED) is 0.718. The number of aryl methyl sites for hydroxylation is 1. The van der Waals surface area contributed by atoms with Gasteiger partial charge in [-0.05, 0) is 60.6 Å². The second-order valence-corrected chi connectivity index (χ2v) is 7.64. The van der Waals surface area contributed by atoms with Crippen molar-refractivity contribution >= 4 is 28.1 Å². The number of amides is 1. The van der Waals surface area contributed by atoms with Gasteiger partial charge in [0.15, 0.2) is 6.61 Å². The van der Waals surface area contributed by atoms with Gasteiger partial charge in [0, 0.05) is 37.6 Å². The van der Waals surface area contributed by atoms with Crippen LogP contribution in [0, 0.1) is 6.92 Å². The second-order valence-electron chi connectivity index (χ2n) is 7.64. The molecule has 0 radical (unpaired) electrons. The molecule has 1 N–H and O–H groups in total. The van der Waals surface area contributed by atoms with E-state index in [1.165, 1.54) is 5.69 Å². The topological polar surface area (TPSA) is 44.8 Å². The van der Waals surface area contributed by atoms with Gasteiger partial charge >= 0.3 is 0 Å². The summed E-state index contributed by atoms with van der Waals surface area (Å²) in [5, 5.41) is 5.22. The van der Waals surface area contributed by atoms with E-state index < -0.39 is 0 Å². The molecule has 5 heteroatoms. The lowest BCUT2D eigenvalue weighted by Crippen LogP contribution is -2.44. The van der Waals surface area contributed by atoms with Crippen LogP contribution in [0.5, 0.6) is 5.75 Å². The molecule has 1 fully saturated rings. The first-order chi connectivity index (χ1) is 14.1. The highest BCUT2D eigenvalue weighted by atomic mass is 16.5. The van der Waals surface area contributed by atoms with Gasteiger partial charge in [-0.2, -0.15) is 0 Å². The summed E-state index contributed by atoms with van der Waals surface area (Å²) in [5.41, 5.74) is 3.09. The molecule has 1 saturated heterocycles. The molecule has 0 aromatic heterocycles. The Balaban J connectivity index is 1.35. The summed E-state index contributed by atoms with van der Waals surface area (Å²) in [6.07, 6.45) is 0. The van der Waals surface area contributed by atoms with Gasteiger partial charge in [-0.15, -0.1) is 0 Å². The Morgan fingerprint density at radius 3 is 2.48 bits per heavy atom. The third-order valence-corrected chi connectivity index (χ3v) is 5.44. The Morgan fingerprint density at radius 2 is 1.72 bits per heavy atom. The first kappa shape index (κ1) is 19.3. The number of carbonyl (C=O) groups is 1. The fourth-order valence-corrected chi connectivity index (χ4v) is 3.64. The summed E-state index contributed by atoms with van der Waals surface area (Å²) < 4.78 is 5.69. The predicted octanol–water partition coefficient (Wildman–Crippen LogP) is 3.92. The van der Waals surface area contributed by atoms with E-state index in [1.807, 2.05) is 49.4 Å². The highest BCUT2D eigenvalue weighted by Crippen LogP contribution is 2.24. The van der Waals surface area contributed by atoms with Gasteiger partial charge in [-0.3, -0.25) is 4.79 Å². The van der Waals surface area contributed by atoms with Crippen molar-refractivity contribution in [2.24, 2.45) is 0 Å². The standard InChI is InChI=1S/C24H27N3O2/c1-18-15-21(27-13-11-26(2)12-14-27)8-10-23(18)25-24(28)17-29-22-9-7-19-5-3-4-6-20(19)16-22/h3-10,15-16H,11-14,17H2,1-2H3,(H,25,28). The molecule has 1 aliphatic rings. The lowest BCUT2D eigenvalue weighted by atomic mass is 10.1. The van der Waals surface area contributed by atoms with Crippen LogP contribution in [0.3, 0.4) is 0 Å². The van der Waals surface area contributed by atoms with Gasteiger partial charge < -0.3 is 19.9 Å². The van der Waals surface area contributed by atoms with E-state index in [-0.39, 0.29) is 12.5 Å². The van der Waals surface area contributed by atoms with Crippen LogP contribution in [0.4, 0.5) is 11.4 Å². The van der Waals surface area contributed by atoms with Crippen LogP contribution in [0.15, 0.2) is 60.7 Å². The third kappa shape index (κ3) is 4.69. The maximum Gasteiger partial charge on any atom is 0.262 e. The molecular weight excluding hydrogens is 362 g/mol. The Labute approximate surface area is 171 Å². The average molecular weight is 389 g/mol. The van der Waals surface area contributed by atoms with Gasteiger partial charge in [0.25, 0.3) is 5.91 Å². The fraction of sp³-hybridized carbons (Fsp3) is 0.292. The van der Waals surface area contributed by atoms with Gasteiger partial charge in [-0.25, -0.2) is 0 Å². The highest BCUT2D eigenvalue weighted by molar-refractivity contribution is 5.93. The van der Waals surface area contributed by atoms with E-state index >= 15 is 0 Å². The van der Waals surface area contributed by atoms with Gasteiger partial charge in [0.05, 0.1) is 0 Å². The van der Waals surface area contributed by atoms with Crippen molar-refractivity contribution in [2.45, 2.75) is 6.92 Å². The monoisotopic (exact) mass is 389 g/mol. The number of nitrogens with zero attached hydrogens (tertiary/aromatic N) is 2. The molecule has 0 aliphatic carbocycles. The predicted molar refractivity (Wildman–Crippen MR) is 119 cm³/mol. The molecule has 0 spiro atoms. The first-order valence-electron chi connectivity index (χ1n) is 10.0. The van der Waals surface area contributed by atoms with Crippen LogP contribution in [0.1, 0.15) is 5.56 Å². The molecule has 150 valence electrons. The van der Waals surface area contributed by atoms with Crippen molar-refractivity contribution in [3.8, 4) is 5.75 Å². The van der Waals surface area contributed by atoms with Gasteiger partial charge in [0.2, 0.25) is 0 Å². The maximum absolute atomic E-state index is 12.4. The Morgan fingerprint density at radius 1 is 0.966 bits per heavy atom. The molecule has 0 atom stereocenters. The van der Waals surface area contributed by atoms with Crippen molar-refractivity contribution in [2.75, 3.05) is 50.1 Å². The number of carbonyl (C=O) groups excluding carboxylic acids is 1. The van der Waals surface area contributed by atoms with Crippen LogP contribution >= 0.6 is 0 Å². The van der Waals surface area contributed by atoms with Crippen molar-refractivity contribution in [1.82, 2.24) is 4.90 Å². The lowest BCUT2D eigenvalue weighted by molar-refractivity contribution is -0.118.